The van der Waals surface area contributed by atoms with E-state index in [0.717, 1.165) is 0 Å². The molecule has 3 rings (SSSR count). The average Bonchev–Trinajstić information content (AvgIpc) is 2.86. The Morgan fingerprint density at radius 1 is 0.771 bits per heavy atom. The molecule has 0 aliphatic carbocycles. The first kappa shape index (κ1) is 25.5. The molecular formula is C26H29NO8. The normalized spacial score (nSPS) is 10.6. The van der Waals surface area contributed by atoms with Gasteiger partial charge in [-0.05, 0) is 60.5 Å². The Kier molecular flexibility index (Phi) is 7.91. The standard InChI is InChI=1S/C26H29NO8/c1-7-34-19-11-14-9-17(25(28)32-5)23(26(29)33-6)22(16(14)13-20(19)35-8-2)15-10-18(27)24(31-4)21(12-15)30-3/h9-13H,7-8,27H2,1-6H3. The van der Waals surface area contributed by atoms with Gasteiger partial charge in [0.2, 0.25) is 0 Å². The predicted molar refractivity (Wildman–Crippen MR) is 132 cm³/mol. The van der Waals surface area contributed by atoms with Crippen LogP contribution in [0, 0.1) is 0 Å². The van der Waals surface area contributed by atoms with Crippen molar-refractivity contribution < 1.29 is 38.0 Å². The Balaban J connectivity index is 2.56. The first-order valence-electron chi connectivity index (χ1n) is 10.9. The molecule has 0 spiro atoms. The molecule has 9 heteroatoms. The number of fused-ring (bicyclic) bond motifs is 1. The van der Waals surface area contributed by atoms with Crippen molar-refractivity contribution in [2.45, 2.75) is 13.8 Å². The number of nitrogen functional groups attached to an aromatic ring is 1. The van der Waals surface area contributed by atoms with Crippen molar-refractivity contribution in [3.8, 4) is 34.1 Å². The highest BCUT2D eigenvalue weighted by Gasteiger charge is 2.28. The molecule has 35 heavy (non-hydrogen) atoms. The number of esters is 2. The lowest BCUT2D eigenvalue weighted by atomic mass is 9.88. The molecule has 3 aromatic rings. The van der Waals surface area contributed by atoms with E-state index in [-0.39, 0.29) is 16.8 Å². The maximum absolute atomic E-state index is 13.1. The second kappa shape index (κ2) is 10.9. The van der Waals surface area contributed by atoms with Gasteiger partial charge in [-0.25, -0.2) is 9.59 Å². The molecule has 3 aromatic carbocycles. The Morgan fingerprint density at radius 3 is 1.94 bits per heavy atom. The number of carbonyl (C=O) groups excluding carboxylic acids is 2. The van der Waals surface area contributed by atoms with Crippen LogP contribution in [0.1, 0.15) is 34.6 Å². The van der Waals surface area contributed by atoms with Crippen LogP contribution in [-0.2, 0) is 9.47 Å². The number of ether oxygens (including phenoxy) is 6. The Labute approximate surface area is 203 Å². The number of carbonyl (C=O) groups is 2. The molecule has 0 unspecified atom stereocenters. The van der Waals surface area contributed by atoms with Crippen LogP contribution in [0.25, 0.3) is 21.9 Å². The Bertz CT molecular complexity index is 1270. The summed E-state index contributed by atoms with van der Waals surface area (Å²) in [4.78, 5) is 25.9. The van der Waals surface area contributed by atoms with Gasteiger partial charge in [-0.1, -0.05) is 0 Å². The van der Waals surface area contributed by atoms with E-state index >= 15 is 0 Å². The zero-order valence-corrected chi connectivity index (χ0v) is 20.6. The molecule has 0 atom stereocenters. The summed E-state index contributed by atoms with van der Waals surface area (Å²) in [5, 5.41) is 1.23. The van der Waals surface area contributed by atoms with E-state index in [2.05, 4.69) is 0 Å². The van der Waals surface area contributed by atoms with E-state index in [1.165, 1.54) is 28.4 Å². The second-order valence-electron chi connectivity index (χ2n) is 7.34. The van der Waals surface area contributed by atoms with Crippen molar-refractivity contribution in [3.63, 3.8) is 0 Å². The fourth-order valence-electron chi connectivity index (χ4n) is 3.97. The van der Waals surface area contributed by atoms with Crippen molar-refractivity contribution in [2.24, 2.45) is 0 Å². The molecule has 0 aliphatic heterocycles. The molecule has 9 nitrogen and oxygen atoms in total. The van der Waals surface area contributed by atoms with Crippen molar-refractivity contribution in [1.82, 2.24) is 0 Å². The van der Waals surface area contributed by atoms with Gasteiger partial charge < -0.3 is 34.2 Å². The summed E-state index contributed by atoms with van der Waals surface area (Å²) in [5.41, 5.74) is 7.48. The van der Waals surface area contributed by atoms with Crippen LogP contribution in [0.5, 0.6) is 23.0 Å². The quantitative estimate of drug-likeness (QED) is 0.347. The molecule has 0 aromatic heterocycles. The van der Waals surface area contributed by atoms with Gasteiger partial charge in [0.25, 0.3) is 0 Å². The van der Waals surface area contributed by atoms with Crippen LogP contribution in [-0.4, -0.2) is 53.6 Å². The van der Waals surface area contributed by atoms with Gasteiger partial charge in [-0.2, -0.15) is 0 Å². The highest BCUT2D eigenvalue weighted by Crippen LogP contribution is 2.45. The number of rotatable bonds is 9. The third-order valence-corrected chi connectivity index (χ3v) is 5.40. The highest BCUT2D eigenvalue weighted by molar-refractivity contribution is 6.16. The number of methoxy groups -OCH3 is 4. The minimum atomic E-state index is -0.720. The number of anilines is 1. The van der Waals surface area contributed by atoms with E-state index in [0.29, 0.717) is 58.1 Å². The molecule has 0 saturated heterocycles. The van der Waals surface area contributed by atoms with Crippen LogP contribution in [0.4, 0.5) is 5.69 Å². The van der Waals surface area contributed by atoms with Crippen molar-refractivity contribution in [1.29, 1.82) is 0 Å². The fourth-order valence-corrected chi connectivity index (χ4v) is 3.97. The first-order chi connectivity index (χ1) is 16.8. The minimum Gasteiger partial charge on any atom is -0.493 e. The summed E-state index contributed by atoms with van der Waals surface area (Å²) in [5.74, 6) is 0.264. The third kappa shape index (κ3) is 4.75. The predicted octanol–water partition coefficient (Wildman–Crippen LogP) is 4.48. The van der Waals surface area contributed by atoms with Crippen LogP contribution < -0.4 is 24.7 Å². The summed E-state index contributed by atoms with van der Waals surface area (Å²) < 4.78 is 32.5. The monoisotopic (exact) mass is 483 g/mol. The first-order valence-corrected chi connectivity index (χ1v) is 10.9. The van der Waals surface area contributed by atoms with Crippen LogP contribution in [0.2, 0.25) is 0 Å². The van der Waals surface area contributed by atoms with E-state index in [4.69, 9.17) is 34.2 Å². The SMILES string of the molecule is CCOc1cc2cc(C(=O)OC)c(C(=O)OC)c(-c3cc(N)c(OC)c(OC)c3)c2cc1OCC. The van der Waals surface area contributed by atoms with Crippen molar-refractivity contribution in [2.75, 3.05) is 47.4 Å². The zero-order valence-electron chi connectivity index (χ0n) is 20.6. The lowest BCUT2D eigenvalue weighted by Crippen LogP contribution is -2.14. The molecule has 0 bridgehead atoms. The maximum atomic E-state index is 13.1. The number of nitrogens with two attached hydrogens (primary N) is 1. The summed E-state index contributed by atoms with van der Waals surface area (Å²) >= 11 is 0. The van der Waals surface area contributed by atoms with Gasteiger partial charge in [-0.15, -0.1) is 0 Å². The molecule has 0 amide bonds. The number of benzene rings is 3. The molecule has 186 valence electrons. The average molecular weight is 484 g/mol. The van der Waals surface area contributed by atoms with E-state index < -0.39 is 11.9 Å². The number of hydrogen-bond donors (Lipinski definition) is 1. The van der Waals surface area contributed by atoms with E-state index in [9.17, 15) is 9.59 Å². The molecule has 0 heterocycles. The number of hydrogen-bond acceptors (Lipinski definition) is 9. The lowest BCUT2D eigenvalue weighted by Gasteiger charge is -2.20. The molecule has 2 N–H and O–H groups in total. The topological polar surface area (TPSA) is 116 Å². The van der Waals surface area contributed by atoms with E-state index in [1.807, 2.05) is 13.8 Å². The molecule has 0 saturated carbocycles. The molecular weight excluding hydrogens is 454 g/mol. The van der Waals surface area contributed by atoms with Crippen LogP contribution >= 0.6 is 0 Å². The molecule has 0 fully saturated rings. The van der Waals surface area contributed by atoms with Crippen LogP contribution in [0.15, 0.2) is 30.3 Å². The third-order valence-electron chi connectivity index (χ3n) is 5.40. The van der Waals surface area contributed by atoms with Gasteiger partial charge >= 0.3 is 11.9 Å². The van der Waals surface area contributed by atoms with Gasteiger partial charge in [0.05, 0.1) is 58.5 Å². The fraction of sp³-hybridized carbons (Fsp3) is 0.308. The zero-order chi connectivity index (χ0) is 25.7. The minimum absolute atomic E-state index is 0.0186. The summed E-state index contributed by atoms with van der Waals surface area (Å²) in [7, 11) is 5.44. The maximum Gasteiger partial charge on any atom is 0.339 e. The smallest absolute Gasteiger partial charge is 0.339 e. The lowest BCUT2D eigenvalue weighted by molar-refractivity contribution is 0.0556. The van der Waals surface area contributed by atoms with Crippen LogP contribution in [0.3, 0.4) is 0 Å². The molecule has 0 aliphatic rings. The van der Waals surface area contributed by atoms with Gasteiger partial charge in [0, 0.05) is 5.56 Å². The van der Waals surface area contributed by atoms with Gasteiger partial charge in [0.15, 0.2) is 23.0 Å². The second-order valence-corrected chi connectivity index (χ2v) is 7.34. The van der Waals surface area contributed by atoms with Crippen molar-refractivity contribution in [3.05, 3.63) is 41.5 Å². The Morgan fingerprint density at radius 2 is 1.40 bits per heavy atom. The van der Waals surface area contributed by atoms with Gasteiger partial charge in [-0.3, -0.25) is 0 Å². The highest BCUT2D eigenvalue weighted by atomic mass is 16.5. The largest absolute Gasteiger partial charge is 0.493 e. The van der Waals surface area contributed by atoms with Gasteiger partial charge in [0.1, 0.15) is 0 Å². The molecule has 0 radical (unpaired) electrons. The summed E-state index contributed by atoms with van der Waals surface area (Å²) in [6.45, 7) is 4.52. The summed E-state index contributed by atoms with van der Waals surface area (Å²) in [6.07, 6.45) is 0. The summed E-state index contributed by atoms with van der Waals surface area (Å²) in [6, 6.07) is 8.40. The Hall–Kier alpha value is -4.14. The van der Waals surface area contributed by atoms with Crippen molar-refractivity contribution >= 4 is 28.4 Å². The van der Waals surface area contributed by atoms with E-state index in [1.54, 1.807) is 30.3 Å².